The molecule has 3 rings (SSSR count). The average molecular weight is 365 g/mol. The second-order valence-electron chi connectivity index (χ2n) is 5.41. The second kappa shape index (κ2) is 7.96. The molecule has 1 heterocycles. The fourth-order valence-corrected chi connectivity index (χ4v) is 2.40. The van der Waals surface area contributed by atoms with Crippen molar-refractivity contribution in [2.45, 2.75) is 0 Å². The van der Waals surface area contributed by atoms with E-state index in [0.29, 0.717) is 28.4 Å². The highest BCUT2D eigenvalue weighted by molar-refractivity contribution is 5.97. The number of hydrazone groups is 1. The van der Waals surface area contributed by atoms with Gasteiger partial charge in [-0.1, -0.05) is 24.3 Å². The van der Waals surface area contributed by atoms with Crippen molar-refractivity contribution in [2.24, 2.45) is 5.10 Å². The van der Waals surface area contributed by atoms with Gasteiger partial charge in [-0.05, 0) is 24.3 Å². The maximum atomic E-state index is 12.1. The maximum absolute atomic E-state index is 12.1. The number of nitro groups is 1. The van der Waals surface area contributed by atoms with Crippen LogP contribution in [0, 0.1) is 10.1 Å². The highest BCUT2D eigenvalue weighted by Gasteiger charge is 2.11. The van der Waals surface area contributed by atoms with Crippen LogP contribution >= 0.6 is 0 Å². The average Bonchev–Trinajstić information content (AvgIpc) is 3.17. The van der Waals surface area contributed by atoms with Crippen LogP contribution in [0.1, 0.15) is 16.1 Å². The number of furan rings is 1. The molecule has 0 spiro atoms. The van der Waals surface area contributed by atoms with Crippen molar-refractivity contribution in [1.29, 1.82) is 0 Å². The first-order chi connectivity index (χ1) is 13.1. The van der Waals surface area contributed by atoms with Crippen molar-refractivity contribution < 1.29 is 18.9 Å². The highest BCUT2D eigenvalue weighted by atomic mass is 16.6. The third kappa shape index (κ3) is 4.18. The first-order valence-corrected chi connectivity index (χ1v) is 7.89. The molecule has 27 heavy (non-hydrogen) atoms. The lowest BCUT2D eigenvalue weighted by Gasteiger charge is -2.05. The minimum Gasteiger partial charge on any atom is -0.496 e. The van der Waals surface area contributed by atoms with Crippen LogP contribution in [-0.2, 0) is 0 Å². The van der Waals surface area contributed by atoms with Gasteiger partial charge in [-0.3, -0.25) is 14.9 Å². The zero-order valence-corrected chi connectivity index (χ0v) is 14.3. The van der Waals surface area contributed by atoms with Crippen molar-refractivity contribution in [3.8, 4) is 17.1 Å². The molecule has 0 fully saturated rings. The Balaban J connectivity index is 1.70. The topological polar surface area (TPSA) is 107 Å². The SMILES string of the molecule is COc1ccccc1C(=O)N/N=C\c1ccc(-c2cccc([N+](=O)[O-])c2)o1. The summed E-state index contributed by atoms with van der Waals surface area (Å²) in [6.45, 7) is 0. The first kappa shape index (κ1) is 17.9. The van der Waals surface area contributed by atoms with E-state index in [1.54, 1.807) is 48.5 Å². The van der Waals surface area contributed by atoms with E-state index in [0.717, 1.165) is 0 Å². The molecule has 8 heteroatoms. The summed E-state index contributed by atoms with van der Waals surface area (Å²) in [6, 6.07) is 16.2. The Morgan fingerprint density at radius 2 is 2.00 bits per heavy atom. The number of nitrogens with zero attached hydrogens (tertiary/aromatic N) is 2. The minimum atomic E-state index is -0.470. The molecule has 0 unspecified atom stereocenters. The van der Waals surface area contributed by atoms with Crippen LogP contribution in [0.4, 0.5) is 5.69 Å². The molecule has 0 bridgehead atoms. The van der Waals surface area contributed by atoms with Gasteiger partial charge in [0.05, 0.1) is 23.8 Å². The summed E-state index contributed by atoms with van der Waals surface area (Å²) in [7, 11) is 1.48. The molecule has 8 nitrogen and oxygen atoms in total. The fraction of sp³-hybridized carbons (Fsp3) is 0.0526. The van der Waals surface area contributed by atoms with E-state index in [2.05, 4.69) is 10.5 Å². The first-order valence-electron chi connectivity index (χ1n) is 7.89. The summed E-state index contributed by atoms with van der Waals surface area (Å²) >= 11 is 0. The Kier molecular flexibility index (Phi) is 5.27. The molecule has 0 aliphatic carbocycles. The number of hydrogen-bond acceptors (Lipinski definition) is 6. The number of para-hydroxylation sites is 1. The van der Waals surface area contributed by atoms with E-state index in [1.165, 1.54) is 25.5 Å². The van der Waals surface area contributed by atoms with Crippen LogP contribution in [0.2, 0.25) is 0 Å². The number of hydrogen-bond donors (Lipinski definition) is 1. The Morgan fingerprint density at radius 3 is 2.78 bits per heavy atom. The minimum absolute atomic E-state index is 0.0248. The summed E-state index contributed by atoms with van der Waals surface area (Å²) in [5.41, 5.74) is 3.30. The zero-order valence-electron chi connectivity index (χ0n) is 14.3. The fourth-order valence-electron chi connectivity index (χ4n) is 2.40. The number of benzene rings is 2. The number of nitrogens with one attached hydrogen (secondary N) is 1. The van der Waals surface area contributed by atoms with E-state index < -0.39 is 10.8 Å². The van der Waals surface area contributed by atoms with Gasteiger partial charge in [-0.2, -0.15) is 5.10 Å². The number of carbonyl (C=O) groups is 1. The van der Waals surface area contributed by atoms with Gasteiger partial charge in [0.1, 0.15) is 17.3 Å². The molecular weight excluding hydrogens is 350 g/mol. The normalized spacial score (nSPS) is 10.7. The predicted molar refractivity (Wildman–Crippen MR) is 98.9 cm³/mol. The Morgan fingerprint density at radius 1 is 1.19 bits per heavy atom. The summed E-state index contributed by atoms with van der Waals surface area (Å²) < 4.78 is 10.7. The molecular formula is C19H15N3O5. The van der Waals surface area contributed by atoms with Crippen LogP contribution < -0.4 is 10.2 Å². The number of carbonyl (C=O) groups excluding carboxylic acids is 1. The molecule has 3 aromatic rings. The molecule has 0 saturated carbocycles. The van der Waals surface area contributed by atoms with Gasteiger partial charge in [-0.25, -0.2) is 5.43 Å². The third-order valence-electron chi connectivity index (χ3n) is 3.68. The van der Waals surface area contributed by atoms with Crippen molar-refractivity contribution in [3.05, 3.63) is 82.1 Å². The van der Waals surface area contributed by atoms with Gasteiger partial charge in [0.25, 0.3) is 11.6 Å². The number of methoxy groups -OCH3 is 1. The van der Waals surface area contributed by atoms with Gasteiger partial charge in [0.15, 0.2) is 0 Å². The largest absolute Gasteiger partial charge is 0.496 e. The summed E-state index contributed by atoms with van der Waals surface area (Å²) in [5, 5.41) is 14.7. The molecule has 0 aliphatic heterocycles. The van der Waals surface area contributed by atoms with Crippen LogP contribution in [0.15, 0.2) is 70.2 Å². The van der Waals surface area contributed by atoms with Gasteiger partial charge in [0.2, 0.25) is 0 Å². The lowest BCUT2D eigenvalue weighted by molar-refractivity contribution is -0.384. The van der Waals surface area contributed by atoms with E-state index in [4.69, 9.17) is 9.15 Å². The van der Waals surface area contributed by atoms with E-state index in [9.17, 15) is 14.9 Å². The van der Waals surface area contributed by atoms with E-state index in [-0.39, 0.29) is 5.69 Å². The Labute approximate surface area is 154 Å². The predicted octanol–water partition coefficient (Wildman–Crippen LogP) is 3.63. The van der Waals surface area contributed by atoms with Crippen molar-refractivity contribution in [2.75, 3.05) is 7.11 Å². The number of amides is 1. The molecule has 136 valence electrons. The lowest BCUT2D eigenvalue weighted by Crippen LogP contribution is -2.18. The quantitative estimate of drug-likeness (QED) is 0.408. The Bertz CT molecular complexity index is 1010. The number of nitro benzene ring substituents is 1. The summed E-state index contributed by atoms with van der Waals surface area (Å²) in [6.07, 6.45) is 1.34. The molecule has 1 aromatic heterocycles. The third-order valence-corrected chi connectivity index (χ3v) is 3.68. The number of rotatable bonds is 6. The van der Waals surface area contributed by atoms with Crippen molar-refractivity contribution in [3.63, 3.8) is 0 Å². The monoisotopic (exact) mass is 365 g/mol. The molecule has 2 aromatic carbocycles. The van der Waals surface area contributed by atoms with Crippen LogP contribution in [0.25, 0.3) is 11.3 Å². The van der Waals surface area contributed by atoms with Crippen LogP contribution in [-0.4, -0.2) is 24.2 Å². The van der Waals surface area contributed by atoms with E-state index >= 15 is 0 Å². The molecule has 0 saturated heterocycles. The highest BCUT2D eigenvalue weighted by Crippen LogP contribution is 2.25. The van der Waals surface area contributed by atoms with Crippen molar-refractivity contribution >= 4 is 17.8 Å². The van der Waals surface area contributed by atoms with Gasteiger partial charge in [-0.15, -0.1) is 0 Å². The zero-order chi connectivity index (χ0) is 19.2. The molecule has 0 atom stereocenters. The molecule has 0 aliphatic rings. The molecule has 1 N–H and O–H groups in total. The van der Waals surface area contributed by atoms with Crippen LogP contribution in [0.3, 0.4) is 0 Å². The standard InChI is InChI=1S/C19H15N3O5/c1-26-18-8-3-2-7-16(18)19(23)21-20-12-15-9-10-17(27-15)13-5-4-6-14(11-13)22(24)25/h2-12H,1H3,(H,21,23)/b20-12-. The maximum Gasteiger partial charge on any atom is 0.275 e. The van der Waals surface area contributed by atoms with Gasteiger partial charge >= 0.3 is 0 Å². The molecule has 0 radical (unpaired) electrons. The lowest BCUT2D eigenvalue weighted by atomic mass is 10.1. The summed E-state index contributed by atoms with van der Waals surface area (Å²) in [5.74, 6) is 0.860. The van der Waals surface area contributed by atoms with Crippen LogP contribution in [0.5, 0.6) is 5.75 Å². The number of non-ortho nitro benzene ring substituents is 1. The molecule has 1 amide bonds. The van der Waals surface area contributed by atoms with E-state index in [1.807, 2.05) is 0 Å². The van der Waals surface area contributed by atoms with Gasteiger partial charge in [0, 0.05) is 17.7 Å². The van der Waals surface area contributed by atoms with Gasteiger partial charge < -0.3 is 9.15 Å². The smallest absolute Gasteiger partial charge is 0.275 e. The summed E-state index contributed by atoms with van der Waals surface area (Å²) in [4.78, 5) is 22.5. The number of ether oxygens (including phenoxy) is 1. The second-order valence-corrected chi connectivity index (χ2v) is 5.41. The van der Waals surface area contributed by atoms with Crippen molar-refractivity contribution in [1.82, 2.24) is 5.43 Å². The Hall–Kier alpha value is -3.94.